The molecule has 0 radical (unpaired) electrons. The number of nitrogens with zero attached hydrogens (tertiary/aromatic N) is 1. The minimum absolute atomic E-state index is 0.109. The molecular formula is C13H13ClN2O2S. The molecule has 0 spiro atoms. The lowest BCUT2D eigenvalue weighted by Gasteiger charge is -2.22. The van der Waals surface area contributed by atoms with Crippen molar-refractivity contribution >= 4 is 28.8 Å². The molecule has 2 rings (SSSR count). The van der Waals surface area contributed by atoms with Crippen molar-refractivity contribution in [3.05, 3.63) is 51.4 Å². The van der Waals surface area contributed by atoms with E-state index in [0.29, 0.717) is 5.56 Å². The Morgan fingerprint density at radius 2 is 2.32 bits per heavy atom. The first kappa shape index (κ1) is 14.0. The molecule has 1 amide bonds. The first-order valence-electron chi connectivity index (χ1n) is 5.66. The Morgan fingerprint density at radius 1 is 1.53 bits per heavy atom. The zero-order chi connectivity index (χ0) is 13.9. The van der Waals surface area contributed by atoms with E-state index in [1.807, 2.05) is 17.5 Å². The van der Waals surface area contributed by atoms with Gasteiger partial charge in [0.2, 0.25) is 0 Å². The van der Waals surface area contributed by atoms with Crippen molar-refractivity contribution in [3.63, 3.8) is 0 Å². The summed E-state index contributed by atoms with van der Waals surface area (Å²) in [5.41, 5.74) is -0.801. The van der Waals surface area contributed by atoms with E-state index in [1.54, 1.807) is 19.1 Å². The highest BCUT2D eigenvalue weighted by Crippen LogP contribution is 2.24. The van der Waals surface area contributed by atoms with Crippen molar-refractivity contribution < 1.29 is 9.90 Å². The number of aromatic nitrogens is 1. The van der Waals surface area contributed by atoms with E-state index in [1.165, 1.54) is 17.5 Å². The molecule has 2 aromatic heterocycles. The number of halogens is 1. The van der Waals surface area contributed by atoms with Crippen LogP contribution in [0.4, 0.5) is 0 Å². The maximum Gasteiger partial charge on any atom is 0.254 e. The van der Waals surface area contributed by atoms with Crippen LogP contribution in [0.3, 0.4) is 0 Å². The van der Waals surface area contributed by atoms with Crippen LogP contribution >= 0.6 is 22.9 Å². The number of amides is 1. The van der Waals surface area contributed by atoms with Gasteiger partial charge in [-0.1, -0.05) is 17.7 Å². The highest BCUT2D eigenvalue weighted by Gasteiger charge is 2.25. The van der Waals surface area contributed by atoms with E-state index in [4.69, 9.17) is 11.6 Å². The number of carbonyl (C=O) groups excluding carboxylic acids is 1. The first-order chi connectivity index (χ1) is 9.00. The fourth-order valence-corrected chi connectivity index (χ4v) is 2.57. The molecule has 100 valence electrons. The molecule has 1 atom stereocenters. The molecule has 4 nitrogen and oxygen atoms in total. The van der Waals surface area contributed by atoms with Gasteiger partial charge in [0.05, 0.1) is 12.1 Å². The van der Waals surface area contributed by atoms with Crippen LogP contribution in [0.1, 0.15) is 22.2 Å². The third-order valence-corrected chi connectivity index (χ3v) is 4.07. The fourth-order valence-electron chi connectivity index (χ4n) is 1.58. The molecule has 2 heterocycles. The van der Waals surface area contributed by atoms with Crippen LogP contribution in [-0.2, 0) is 5.60 Å². The van der Waals surface area contributed by atoms with Crippen LogP contribution in [0.5, 0.6) is 0 Å². The third kappa shape index (κ3) is 3.32. The molecule has 0 aromatic carbocycles. The quantitative estimate of drug-likeness (QED) is 0.852. The Bertz CT molecular complexity index is 570. The SMILES string of the molecule is CC(O)(CNC(=O)c1cccnc1Cl)c1cccs1. The maximum atomic E-state index is 11.9. The van der Waals surface area contributed by atoms with E-state index < -0.39 is 5.60 Å². The highest BCUT2D eigenvalue weighted by atomic mass is 35.5. The largest absolute Gasteiger partial charge is 0.383 e. The summed E-state index contributed by atoms with van der Waals surface area (Å²) in [6, 6.07) is 6.91. The average molecular weight is 297 g/mol. The number of rotatable bonds is 4. The number of thiophene rings is 1. The number of pyridine rings is 1. The van der Waals surface area contributed by atoms with E-state index in [0.717, 1.165) is 4.88 Å². The van der Waals surface area contributed by atoms with Crippen LogP contribution in [0.2, 0.25) is 5.15 Å². The Balaban J connectivity index is 2.03. The molecule has 0 aliphatic heterocycles. The number of aliphatic hydroxyl groups is 1. The minimum Gasteiger partial charge on any atom is -0.383 e. The third-order valence-electron chi connectivity index (χ3n) is 2.65. The van der Waals surface area contributed by atoms with Gasteiger partial charge in [-0.3, -0.25) is 4.79 Å². The summed E-state index contributed by atoms with van der Waals surface area (Å²) in [6.07, 6.45) is 1.51. The lowest BCUT2D eigenvalue weighted by molar-refractivity contribution is 0.0556. The van der Waals surface area contributed by atoms with Gasteiger partial charge in [-0.25, -0.2) is 4.98 Å². The van der Waals surface area contributed by atoms with Crippen LogP contribution in [0, 0.1) is 0 Å². The van der Waals surface area contributed by atoms with E-state index >= 15 is 0 Å². The molecule has 2 N–H and O–H groups in total. The van der Waals surface area contributed by atoms with Crippen molar-refractivity contribution in [2.45, 2.75) is 12.5 Å². The number of hydrogen-bond donors (Lipinski definition) is 2. The zero-order valence-corrected chi connectivity index (χ0v) is 11.8. The van der Waals surface area contributed by atoms with Gasteiger partial charge in [0.1, 0.15) is 10.8 Å². The van der Waals surface area contributed by atoms with Crippen LogP contribution in [0.25, 0.3) is 0 Å². The average Bonchev–Trinajstić information content (AvgIpc) is 2.91. The topological polar surface area (TPSA) is 62.2 Å². The van der Waals surface area contributed by atoms with E-state index in [-0.39, 0.29) is 17.6 Å². The minimum atomic E-state index is -1.10. The van der Waals surface area contributed by atoms with Gasteiger partial charge in [0.15, 0.2) is 0 Å². The molecule has 19 heavy (non-hydrogen) atoms. The summed E-state index contributed by atoms with van der Waals surface area (Å²) in [7, 11) is 0. The van der Waals surface area contributed by atoms with Gasteiger partial charge in [-0.05, 0) is 30.5 Å². The molecule has 6 heteroatoms. The molecule has 0 aliphatic carbocycles. The van der Waals surface area contributed by atoms with Crippen LogP contribution in [-0.4, -0.2) is 22.5 Å². The van der Waals surface area contributed by atoms with Crippen LogP contribution in [0.15, 0.2) is 35.8 Å². The second-order valence-corrected chi connectivity index (χ2v) is 5.58. The highest BCUT2D eigenvalue weighted by molar-refractivity contribution is 7.10. The van der Waals surface area contributed by atoms with Gasteiger partial charge in [0, 0.05) is 11.1 Å². The summed E-state index contributed by atoms with van der Waals surface area (Å²) >= 11 is 7.28. The van der Waals surface area contributed by atoms with Crippen molar-refractivity contribution in [3.8, 4) is 0 Å². The first-order valence-corrected chi connectivity index (χ1v) is 6.91. The summed E-state index contributed by atoms with van der Waals surface area (Å²) in [4.78, 5) is 16.6. The number of carbonyl (C=O) groups is 1. The molecule has 1 unspecified atom stereocenters. The second kappa shape index (κ2) is 5.69. The monoisotopic (exact) mass is 296 g/mol. The standard InChI is InChI=1S/C13H13ClN2O2S/c1-13(18,10-5-3-7-19-10)8-16-12(17)9-4-2-6-15-11(9)14/h2-7,18H,8H2,1H3,(H,16,17). The predicted octanol–water partition coefficient (Wildman–Crippen LogP) is 2.43. The maximum absolute atomic E-state index is 11.9. The summed E-state index contributed by atoms with van der Waals surface area (Å²) in [6.45, 7) is 1.77. The smallest absolute Gasteiger partial charge is 0.254 e. The van der Waals surface area contributed by atoms with Gasteiger partial charge in [-0.2, -0.15) is 0 Å². The van der Waals surface area contributed by atoms with Crippen molar-refractivity contribution in [2.24, 2.45) is 0 Å². The van der Waals surface area contributed by atoms with Gasteiger partial charge >= 0.3 is 0 Å². The fraction of sp³-hybridized carbons (Fsp3) is 0.231. The number of hydrogen-bond acceptors (Lipinski definition) is 4. The lowest BCUT2D eigenvalue weighted by atomic mass is 10.1. The molecule has 0 aliphatic rings. The van der Waals surface area contributed by atoms with Crippen molar-refractivity contribution in [1.82, 2.24) is 10.3 Å². The molecule has 0 fully saturated rings. The van der Waals surface area contributed by atoms with E-state index in [9.17, 15) is 9.90 Å². The predicted molar refractivity (Wildman–Crippen MR) is 75.5 cm³/mol. The van der Waals surface area contributed by atoms with Gasteiger partial charge in [-0.15, -0.1) is 11.3 Å². The molecule has 0 bridgehead atoms. The molecule has 2 aromatic rings. The summed E-state index contributed by atoms with van der Waals surface area (Å²) < 4.78 is 0. The van der Waals surface area contributed by atoms with Crippen molar-refractivity contribution in [2.75, 3.05) is 6.54 Å². The molecule has 0 saturated heterocycles. The van der Waals surface area contributed by atoms with Crippen molar-refractivity contribution in [1.29, 1.82) is 0 Å². The van der Waals surface area contributed by atoms with Gasteiger partial charge in [0.25, 0.3) is 5.91 Å². The second-order valence-electron chi connectivity index (χ2n) is 4.28. The van der Waals surface area contributed by atoms with Gasteiger partial charge < -0.3 is 10.4 Å². The Morgan fingerprint density at radius 3 is 2.95 bits per heavy atom. The zero-order valence-electron chi connectivity index (χ0n) is 10.3. The normalized spacial score (nSPS) is 13.8. The lowest BCUT2D eigenvalue weighted by Crippen LogP contribution is -2.38. The molecular weight excluding hydrogens is 284 g/mol. The van der Waals surface area contributed by atoms with Crippen LogP contribution < -0.4 is 5.32 Å². The Kier molecular flexibility index (Phi) is 4.19. The number of nitrogens with one attached hydrogen (secondary N) is 1. The Labute approximate surface area is 120 Å². The summed E-state index contributed by atoms with van der Waals surface area (Å²) in [5.74, 6) is -0.352. The molecule has 0 saturated carbocycles. The van der Waals surface area contributed by atoms with E-state index in [2.05, 4.69) is 10.3 Å². The summed E-state index contributed by atoms with van der Waals surface area (Å²) in [5, 5.41) is 15.0. The Hall–Kier alpha value is -1.43.